The summed E-state index contributed by atoms with van der Waals surface area (Å²) in [6.45, 7) is 6.41. The van der Waals surface area contributed by atoms with Crippen LogP contribution in [-0.4, -0.2) is 23.5 Å². The van der Waals surface area contributed by atoms with E-state index in [9.17, 15) is 4.79 Å². The normalized spacial score (nSPS) is 59.5. The van der Waals surface area contributed by atoms with Crippen LogP contribution in [0.4, 0.5) is 0 Å². The molecule has 4 nitrogen and oxygen atoms in total. The van der Waals surface area contributed by atoms with Crippen LogP contribution in [-0.2, 0) is 14.3 Å². The van der Waals surface area contributed by atoms with Gasteiger partial charge in [0.1, 0.15) is 5.60 Å². The number of nitrogens with one attached hydrogen (secondary N) is 1. The van der Waals surface area contributed by atoms with E-state index in [0.717, 1.165) is 19.3 Å². The minimum Gasteiger partial charge on any atom is -0.338 e. The molecule has 4 heteroatoms. The molecule has 106 valence electrons. The molecule has 7 atom stereocenters. The molecule has 4 aliphatic rings. The fraction of sp³-hybridized carbons (Fsp3) is 0.933. The van der Waals surface area contributed by atoms with E-state index >= 15 is 0 Å². The molecule has 0 unspecified atom stereocenters. The van der Waals surface area contributed by atoms with Gasteiger partial charge in [-0.05, 0) is 38.0 Å². The van der Waals surface area contributed by atoms with Gasteiger partial charge in [0.05, 0.1) is 0 Å². The van der Waals surface area contributed by atoms with Gasteiger partial charge in [-0.3, -0.25) is 4.79 Å². The highest BCUT2D eigenvalue weighted by molar-refractivity contribution is 5.80. The smallest absolute Gasteiger partial charge is 0.225 e. The zero-order chi connectivity index (χ0) is 13.4. The van der Waals surface area contributed by atoms with Crippen LogP contribution < -0.4 is 5.32 Å². The Morgan fingerprint density at radius 3 is 2.79 bits per heavy atom. The topological polar surface area (TPSA) is 47.6 Å². The van der Waals surface area contributed by atoms with Crippen molar-refractivity contribution in [2.24, 2.45) is 23.7 Å². The van der Waals surface area contributed by atoms with Gasteiger partial charge in [-0.1, -0.05) is 13.8 Å². The third-order valence-electron chi connectivity index (χ3n) is 6.15. The third kappa shape index (κ3) is 1.34. The van der Waals surface area contributed by atoms with Crippen LogP contribution in [0.1, 0.15) is 46.5 Å². The Morgan fingerprint density at radius 2 is 2.00 bits per heavy atom. The molecule has 19 heavy (non-hydrogen) atoms. The summed E-state index contributed by atoms with van der Waals surface area (Å²) in [5.74, 6) is 1.18. The number of amides is 1. The molecule has 4 fully saturated rings. The molecule has 1 saturated carbocycles. The van der Waals surface area contributed by atoms with Gasteiger partial charge < -0.3 is 14.8 Å². The maximum Gasteiger partial charge on any atom is 0.225 e. The highest BCUT2D eigenvalue weighted by Gasteiger charge is 2.70. The SMILES string of the molecule is C[C@@H]1CC[C@H]2[C@@H](C)C(=O)[15NH][C@@H]3O[C@@]4(C)CC[C@@H]1[C@]32O4. The molecule has 4 rings (SSSR count). The number of carbonyl (C=O) groups is 1. The van der Waals surface area contributed by atoms with E-state index < -0.39 is 5.79 Å². The molecule has 3 saturated heterocycles. The van der Waals surface area contributed by atoms with Gasteiger partial charge in [-0.25, -0.2) is 0 Å². The van der Waals surface area contributed by atoms with Crippen molar-refractivity contribution in [3.05, 3.63) is 0 Å². The van der Waals surface area contributed by atoms with Gasteiger partial charge >= 0.3 is 0 Å². The van der Waals surface area contributed by atoms with Gasteiger partial charge in [0.15, 0.2) is 12.0 Å². The number of ether oxygens (including phenoxy) is 2. The number of piperidine rings is 1. The molecule has 0 aromatic rings. The Kier molecular flexibility index (Phi) is 2.26. The fourth-order valence-corrected chi connectivity index (χ4v) is 5.19. The predicted molar refractivity (Wildman–Crippen MR) is 69.0 cm³/mol. The van der Waals surface area contributed by atoms with E-state index in [1.165, 1.54) is 6.42 Å². The van der Waals surface area contributed by atoms with Crippen LogP contribution in [0.15, 0.2) is 0 Å². The van der Waals surface area contributed by atoms with Crippen LogP contribution in [0.25, 0.3) is 0 Å². The van der Waals surface area contributed by atoms with Crippen LogP contribution in [0.2, 0.25) is 0 Å². The number of fused-ring (bicyclic) bond motifs is 1. The van der Waals surface area contributed by atoms with Crippen molar-refractivity contribution in [2.75, 3.05) is 0 Å². The zero-order valence-electron chi connectivity index (χ0n) is 11.9. The number of carbonyl (C=O) groups excluding carboxylic acids is 1. The van der Waals surface area contributed by atoms with Gasteiger partial charge in [0.2, 0.25) is 5.91 Å². The quantitative estimate of drug-likeness (QED) is 0.683. The molecule has 0 aromatic carbocycles. The van der Waals surface area contributed by atoms with Gasteiger partial charge in [-0.2, -0.15) is 0 Å². The Labute approximate surface area is 114 Å². The first-order chi connectivity index (χ1) is 8.96. The Hall–Kier alpha value is -0.610. The summed E-state index contributed by atoms with van der Waals surface area (Å²) in [5.41, 5.74) is -0.266. The molecule has 0 radical (unpaired) electrons. The van der Waals surface area contributed by atoms with Crippen molar-refractivity contribution in [3.8, 4) is 0 Å². The van der Waals surface area contributed by atoms with E-state index in [-0.39, 0.29) is 23.7 Å². The fourth-order valence-electron chi connectivity index (χ4n) is 5.19. The zero-order valence-corrected chi connectivity index (χ0v) is 11.9. The second-order valence-corrected chi connectivity index (χ2v) is 7.19. The first kappa shape index (κ1) is 12.2. The Balaban J connectivity index is 1.84. The summed E-state index contributed by atoms with van der Waals surface area (Å²) in [4.78, 5) is 12.2. The summed E-state index contributed by atoms with van der Waals surface area (Å²) in [5, 5.41) is 3.08. The first-order valence-electron chi connectivity index (χ1n) is 7.65. The minimum absolute atomic E-state index is 0.0373. The van der Waals surface area contributed by atoms with Crippen molar-refractivity contribution in [1.82, 2.24) is 5.32 Å². The number of hydrogen-bond acceptors (Lipinski definition) is 3. The monoisotopic (exact) mass is 266 g/mol. The molecule has 3 aliphatic heterocycles. The van der Waals surface area contributed by atoms with Gasteiger partial charge in [0.25, 0.3) is 0 Å². The first-order valence-corrected chi connectivity index (χ1v) is 7.65. The summed E-state index contributed by atoms with van der Waals surface area (Å²) in [7, 11) is 0. The molecule has 1 aliphatic carbocycles. The standard InChI is InChI=1S/C15H23NO3/c1-8-4-5-11-9(2)12(17)16-13-15(11)10(8)6-7-14(3,18-13)19-15/h8-11,13H,4-7H2,1-3H3,(H,16,17)/t8-,9-,10+,11+,13-,14-,15-/m1/s1/i16+1. The Bertz CT molecular complexity index is 439. The van der Waals surface area contributed by atoms with Crippen molar-refractivity contribution in [3.63, 3.8) is 0 Å². The van der Waals surface area contributed by atoms with E-state index in [1.54, 1.807) is 0 Å². The second kappa shape index (κ2) is 3.53. The summed E-state index contributed by atoms with van der Waals surface area (Å²) < 4.78 is 12.6. The molecule has 1 amide bonds. The average molecular weight is 266 g/mol. The highest BCUT2D eigenvalue weighted by atomic mass is 16.8. The van der Waals surface area contributed by atoms with Crippen molar-refractivity contribution >= 4 is 5.91 Å². The number of rotatable bonds is 0. The predicted octanol–water partition coefficient (Wildman–Crippen LogP) is 2.04. The van der Waals surface area contributed by atoms with E-state index in [4.69, 9.17) is 9.47 Å². The van der Waals surface area contributed by atoms with Crippen molar-refractivity contribution in [2.45, 2.75) is 64.1 Å². The lowest BCUT2D eigenvalue weighted by molar-refractivity contribution is -0.251. The largest absolute Gasteiger partial charge is 0.338 e. The molecule has 2 bridgehead atoms. The van der Waals surface area contributed by atoms with Gasteiger partial charge in [-0.15, -0.1) is 0 Å². The van der Waals surface area contributed by atoms with Crippen LogP contribution in [0, 0.1) is 23.7 Å². The summed E-state index contributed by atoms with van der Waals surface area (Å²) in [6.07, 6.45) is 4.16. The van der Waals surface area contributed by atoms with Crippen LogP contribution in [0.5, 0.6) is 0 Å². The summed E-state index contributed by atoms with van der Waals surface area (Å²) in [6, 6.07) is 0. The lowest BCUT2D eigenvalue weighted by Crippen LogP contribution is -2.69. The van der Waals surface area contributed by atoms with Crippen molar-refractivity contribution in [1.29, 1.82) is 0 Å². The molecule has 0 aromatic heterocycles. The lowest BCUT2D eigenvalue weighted by atomic mass is 9.57. The molecule has 1 N–H and O–H groups in total. The highest BCUT2D eigenvalue weighted by Crippen LogP contribution is 2.61. The molecular formula is C15H23NO3. The minimum atomic E-state index is -0.492. The molecule has 1 spiro atoms. The van der Waals surface area contributed by atoms with E-state index in [2.05, 4.69) is 12.2 Å². The summed E-state index contributed by atoms with van der Waals surface area (Å²) >= 11 is 0. The average Bonchev–Trinajstić information content (AvgIpc) is 2.56. The molecular weight excluding hydrogens is 243 g/mol. The second-order valence-electron chi connectivity index (χ2n) is 7.19. The maximum absolute atomic E-state index is 12.2. The maximum atomic E-state index is 12.2. The van der Waals surface area contributed by atoms with E-state index in [1.807, 2.05) is 13.8 Å². The van der Waals surface area contributed by atoms with E-state index in [0.29, 0.717) is 17.8 Å². The lowest BCUT2D eigenvalue weighted by Gasteiger charge is -2.57. The van der Waals surface area contributed by atoms with Crippen LogP contribution in [0.3, 0.4) is 0 Å². The third-order valence-corrected chi connectivity index (χ3v) is 6.15. The Morgan fingerprint density at radius 1 is 1.21 bits per heavy atom. The van der Waals surface area contributed by atoms with Gasteiger partial charge in [0, 0.05) is 18.3 Å². The number of hydrogen-bond donors (Lipinski definition) is 1. The van der Waals surface area contributed by atoms with Crippen molar-refractivity contribution < 1.29 is 14.3 Å². The molecule has 3 heterocycles. The van der Waals surface area contributed by atoms with Crippen LogP contribution >= 0.6 is 0 Å².